The van der Waals surface area contributed by atoms with E-state index in [2.05, 4.69) is 15.5 Å². The predicted octanol–water partition coefficient (Wildman–Crippen LogP) is 1.83. The lowest BCUT2D eigenvalue weighted by Crippen LogP contribution is -2.65. The van der Waals surface area contributed by atoms with Gasteiger partial charge in [-0.1, -0.05) is 23.7 Å². The highest BCUT2D eigenvalue weighted by Crippen LogP contribution is 2.23. The molecular formula is C19H21ClN4O3. The van der Waals surface area contributed by atoms with Gasteiger partial charge in [-0.05, 0) is 29.8 Å². The molecule has 2 saturated heterocycles. The van der Waals surface area contributed by atoms with Crippen LogP contribution in [0, 0.1) is 0 Å². The van der Waals surface area contributed by atoms with Gasteiger partial charge in [-0.2, -0.15) is 0 Å². The van der Waals surface area contributed by atoms with Gasteiger partial charge in [0.1, 0.15) is 6.29 Å². The summed E-state index contributed by atoms with van der Waals surface area (Å²) in [7, 11) is 0. The molecule has 0 aliphatic carbocycles. The second kappa shape index (κ2) is 7.72. The van der Waals surface area contributed by atoms with Crippen molar-refractivity contribution in [3.8, 4) is 0 Å². The summed E-state index contributed by atoms with van der Waals surface area (Å²) < 4.78 is 5.19. The number of rotatable bonds is 3. The summed E-state index contributed by atoms with van der Waals surface area (Å²) in [6.45, 7) is 2.49. The number of hydrogen-bond donors (Lipinski definition) is 2. The van der Waals surface area contributed by atoms with Gasteiger partial charge in [0, 0.05) is 43.7 Å². The monoisotopic (exact) mass is 388 g/mol. The molecule has 2 amide bonds. The van der Waals surface area contributed by atoms with Crippen LogP contribution in [0.1, 0.15) is 28.6 Å². The summed E-state index contributed by atoms with van der Waals surface area (Å²) in [4.78, 5) is 28.5. The average molecular weight is 389 g/mol. The van der Waals surface area contributed by atoms with Gasteiger partial charge >= 0.3 is 0 Å². The van der Waals surface area contributed by atoms with Gasteiger partial charge < -0.3 is 14.6 Å². The number of benzene rings is 1. The van der Waals surface area contributed by atoms with Gasteiger partial charge in [0.05, 0.1) is 6.26 Å². The van der Waals surface area contributed by atoms with Crippen LogP contribution in [0.5, 0.6) is 0 Å². The van der Waals surface area contributed by atoms with Crippen LogP contribution in [0.4, 0.5) is 0 Å². The summed E-state index contributed by atoms with van der Waals surface area (Å²) in [5.41, 5.74) is 1.03. The molecule has 8 heteroatoms. The molecule has 0 bridgehead atoms. The minimum atomic E-state index is -0.257. The fourth-order valence-corrected chi connectivity index (χ4v) is 3.66. The highest BCUT2D eigenvalue weighted by molar-refractivity contribution is 6.30. The van der Waals surface area contributed by atoms with Crippen LogP contribution in [0.15, 0.2) is 47.1 Å². The van der Waals surface area contributed by atoms with Crippen molar-refractivity contribution < 1.29 is 14.0 Å². The topological polar surface area (TPSA) is 77.8 Å². The molecule has 0 radical (unpaired) electrons. The molecule has 4 rings (SSSR count). The third kappa shape index (κ3) is 4.00. The number of carbonyl (C=O) groups excluding carboxylic acids is 2. The van der Waals surface area contributed by atoms with E-state index < -0.39 is 0 Å². The average Bonchev–Trinajstić information content (AvgIpc) is 3.22. The minimum Gasteiger partial charge on any atom is -0.459 e. The van der Waals surface area contributed by atoms with Crippen molar-refractivity contribution in [2.45, 2.75) is 18.8 Å². The fourth-order valence-electron chi connectivity index (χ4n) is 3.53. The highest BCUT2D eigenvalue weighted by atomic mass is 35.5. The normalized spacial score (nSPS) is 23.9. The number of amides is 2. The molecule has 2 N–H and O–H groups in total. The predicted molar refractivity (Wildman–Crippen MR) is 100 cm³/mol. The Balaban J connectivity index is 1.38. The lowest BCUT2D eigenvalue weighted by molar-refractivity contribution is -0.127. The SMILES string of the molecule is O=C1CC(c2ccc(Cl)cc2)NC(N2CCN(C(=O)c3ccco3)CC2)N1. The summed E-state index contributed by atoms with van der Waals surface area (Å²) in [6, 6.07) is 10.9. The molecule has 2 unspecified atom stereocenters. The quantitative estimate of drug-likeness (QED) is 0.838. The molecule has 0 saturated carbocycles. The van der Waals surface area contributed by atoms with Crippen molar-refractivity contribution >= 4 is 23.4 Å². The molecule has 0 spiro atoms. The second-order valence-electron chi connectivity index (χ2n) is 6.75. The number of piperazine rings is 1. The maximum Gasteiger partial charge on any atom is 0.289 e. The minimum absolute atomic E-state index is 0.00721. The first-order valence-electron chi connectivity index (χ1n) is 8.98. The van der Waals surface area contributed by atoms with E-state index in [-0.39, 0.29) is 24.1 Å². The van der Waals surface area contributed by atoms with E-state index >= 15 is 0 Å². The van der Waals surface area contributed by atoms with Gasteiger partial charge in [0.2, 0.25) is 5.91 Å². The first-order chi connectivity index (χ1) is 13.1. The Hall–Kier alpha value is -2.35. The molecule has 1 aromatic heterocycles. The molecule has 7 nitrogen and oxygen atoms in total. The van der Waals surface area contributed by atoms with E-state index in [1.807, 2.05) is 24.3 Å². The Morgan fingerprint density at radius 3 is 2.52 bits per heavy atom. The van der Waals surface area contributed by atoms with Gasteiger partial charge in [-0.15, -0.1) is 0 Å². The molecule has 2 atom stereocenters. The molecule has 2 aliphatic rings. The Morgan fingerprint density at radius 1 is 1.11 bits per heavy atom. The van der Waals surface area contributed by atoms with Gasteiger partial charge in [-0.25, -0.2) is 0 Å². The van der Waals surface area contributed by atoms with Crippen LogP contribution < -0.4 is 10.6 Å². The molecule has 27 heavy (non-hydrogen) atoms. The number of furan rings is 1. The molecule has 1 aromatic carbocycles. The van der Waals surface area contributed by atoms with E-state index in [0.717, 1.165) is 5.56 Å². The van der Waals surface area contributed by atoms with Crippen LogP contribution >= 0.6 is 11.6 Å². The van der Waals surface area contributed by atoms with Crippen molar-refractivity contribution in [3.05, 3.63) is 59.0 Å². The summed E-state index contributed by atoms with van der Waals surface area (Å²) in [5, 5.41) is 7.16. The Kier molecular flexibility index (Phi) is 5.15. The van der Waals surface area contributed by atoms with Crippen LogP contribution in [-0.4, -0.2) is 54.1 Å². The maximum atomic E-state index is 12.4. The van der Waals surface area contributed by atoms with Crippen molar-refractivity contribution in [2.75, 3.05) is 26.2 Å². The first kappa shape index (κ1) is 18.0. The van der Waals surface area contributed by atoms with Crippen LogP contribution in [0.3, 0.4) is 0 Å². The second-order valence-corrected chi connectivity index (χ2v) is 7.19. The summed E-state index contributed by atoms with van der Waals surface area (Å²) in [6.07, 6.45) is 1.63. The van der Waals surface area contributed by atoms with Crippen LogP contribution in [-0.2, 0) is 4.79 Å². The number of hydrogen-bond acceptors (Lipinski definition) is 5. The summed E-state index contributed by atoms with van der Waals surface area (Å²) >= 11 is 5.96. The van der Waals surface area contributed by atoms with Gasteiger partial charge in [-0.3, -0.25) is 19.8 Å². The largest absolute Gasteiger partial charge is 0.459 e. The standard InChI is InChI=1S/C19H21ClN4O3/c20-14-5-3-13(4-6-14)15-12-17(25)22-19(21-15)24-9-7-23(8-10-24)18(26)16-2-1-11-27-16/h1-6,11,15,19,21H,7-10,12H2,(H,22,25). The first-order valence-corrected chi connectivity index (χ1v) is 9.35. The number of carbonyl (C=O) groups is 2. The molecule has 2 aliphatic heterocycles. The van der Waals surface area contributed by atoms with E-state index in [9.17, 15) is 9.59 Å². The Bertz CT molecular complexity index is 801. The zero-order chi connectivity index (χ0) is 18.8. The maximum absolute atomic E-state index is 12.4. The lowest BCUT2D eigenvalue weighted by atomic mass is 10.0. The molecule has 142 valence electrons. The van der Waals surface area contributed by atoms with Crippen molar-refractivity contribution in [3.63, 3.8) is 0 Å². The van der Waals surface area contributed by atoms with Crippen molar-refractivity contribution in [1.82, 2.24) is 20.4 Å². The number of nitrogens with zero attached hydrogens (tertiary/aromatic N) is 2. The van der Waals surface area contributed by atoms with E-state index in [1.54, 1.807) is 17.0 Å². The van der Waals surface area contributed by atoms with Gasteiger partial charge in [0.15, 0.2) is 5.76 Å². The highest BCUT2D eigenvalue weighted by Gasteiger charge is 2.33. The third-order valence-electron chi connectivity index (χ3n) is 5.02. The van der Waals surface area contributed by atoms with Gasteiger partial charge in [0.25, 0.3) is 5.91 Å². The molecule has 3 heterocycles. The lowest BCUT2D eigenvalue weighted by Gasteiger charge is -2.42. The zero-order valence-electron chi connectivity index (χ0n) is 14.7. The van der Waals surface area contributed by atoms with Crippen molar-refractivity contribution in [2.24, 2.45) is 0 Å². The van der Waals surface area contributed by atoms with E-state index in [1.165, 1.54) is 6.26 Å². The summed E-state index contributed by atoms with van der Waals surface area (Å²) in [5.74, 6) is 0.266. The Labute approximate surface area is 162 Å². The van der Waals surface area contributed by atoms with Crippen LogP contribution in [0.25, 0.3) is 0 Å². The molecule has 2 fully saturated rings. The van der Waals surface area contributed by atoms with Crippen molar-refractivity contribution in [1.29, 1.82) is 0 Å². The third-order valence-corrected chi connectivity index (χ3v) is 5.27. The Morgan fingerprint density at radius 2 is 1.85 bits per heavy atom. The molecular weight excluding hydrogens is 368 g/mol. The zero-order valence-corrected chi connectivity index (χ0v) is 15.5. The number of halogens is 1. The molecule has 2 aromatic rings. The van der Waals surface area contributed by atoms with Crippen LogP contribution in [0.2, 0.25) is 5.02 Å². The number of nitrogens with one attached hydrogen (secondary N) is 2. The van der Waals surface area contributed by atoms with E-state index in [4.69, 9.17) is 16.0 Å². The smallest absolute Gasteiger partial charge is 0.289 e. The fraction of sp³-hybridized carbons (Fsp3) is 0.368. The van der Waals surface area contributed by atoms with E-state index in [0.29, 0.717) is 43.4 Å².